The lowest BCUT2D eigenvalue weighted by Crippen LogP contribution is -2.18. The van der Waals surface area contributed by atoms with E-state index >= 15 is 0 Å². The average molecular weight is 263 g/mol. The Morgan fingerprint density at radius 3 is 2.37 bits per heavy atom. The Morgan fingerprint density at radius 1 is 1.16 bits per heavy atom. The van der Waals surface area contributed by atoms with E-state index in [-0.39, 0.29) is 0 Å². The van der Waals surface area contributed by atoms with Crippen LogP contribution in [0.3, 0.4) is 0 Å². The van der Waals surface area contributed by atoms with E-state index in [9.17, 15) is 9.90 Å². The van der Waals surface area contributed by atoms with Crippen molar-refractivity contribution in [3.05, 3.63) is 29.8 Å². The van der Waals surface area contributed by atoms with E-state index in [1.165, 1.54) is 6.08 Å². The minimum absolute atomic E-state index is 0.593. The second-order valence-electron chi connectivity index (χ2n) is 4.06. The molecule has 0 fully saturated rings. The fourth-order valence-corrected chi connectivity index (χ4v) is 1.45. The van der Waals surface area contributed by atoms with Crippen molar-refractivity contribution in [1.29, 1.82) is 0 Å². The third-order valence-electron chi connectivity index (χ3n) is 2.30. The number of ether oxygens (including phenoxy) is 2. The quantitative estimate of drug-likeness (QED) is 0.673. The molecule has 0 aliphatic rings. The van der Waals surface area contributed by atoms with E-state index in [2.05, 4.69) is 0 Å². The van der Waals surface area contributed by atoms with Gasteiger partial charge in [0.25, 0.3) is 0 Å². The summed E-state index contributed by atoms with van der Waals surface area (Å²) >= 11 is 0. The van der Waals surface area contributed by atoms with Crippen molar-refractivity contribution in [3.63, 3.8) is 0 Å². The topological polar surface area (TPSA) is 58.6 Å². The molecule has 0 radical (unpaired) electrons. The third kappa shape index (κ3) is 5.46. The highest BCUT2D eigenvalue weighted by Gasteiger charge is 2.05. The van der Waals surface area contributed by atoms with Crippen molar-refractivity contribution >= 4 is 12.0 Å². The fraction of sp³-hybridized carbons (Fsp3) is 0.400. The summed E-state index contributed by atoms with van der Waals surface area (Å²) in [7, 11) is 0. The first-order valence-electron chi connectivity index (χ1n) is 6.46. The standard InChI is InChI=1S/C15H20O4/c1-3-9-18-13-7-5-12(6-8-15(16)17)11-14(13)19-10-4-2/h5-8,11H,3-4,9-10H2,1-2H3,(H,16,17)/p-1/b8-6+. The number of carbonyl (C=O) groups is 1. The minimum Gasteiger partial charge on any atom is -0.545 e. The number of carboxylic acid groups (broad SMARTS) is 1. The van der Waals surface area contributed by atoms with Gasteiger partial charge in [0.2, 0.25) is 0 Å². The fourth-order valence-electron chi connectivity index (χ4n) is 1.45. The normalized spacial score (nSPS) is 10.6. The Bertz CT molecular complexity index is 438. The number of carboxylic acids is 1. The first-order valence-corrected chi connectivity index (χ1v) is 6.46. The zero-order valence-electron chi connectivity index (χ0n) is 11.3. The van der Waals surface area contributed by atoms with Gasteiger partial charge in [0.05, 0.1) is 19.2 Å². The predicted octanol–water partition coefficient (Wildman–Crippen LogP) is 2.03. The van der Waals surface area contributed by atoms with Gasteiger partial charge in [0, 0.05) is 0 Å². The number of benzene rings is 1. The van der Waals surface area contributed by atoms with E-state index in [1.807, 2.05) is 13.8 Å². The van der Waals surface area contributed by atoms with Crippen molar-refractivity contribution in [2.75, 3.05) is 13.2 Å². The van der Waals surface area contributed by atoms with Crippen LogP contribution in [-0.2, 0) is 4.79 Å². The maximum Gasteiger partial charge on any atom is 0.161 e. The van der Waals surface area contributed by atoms with Crippen LogP contribution >= 0.6 is 0 Å². The zero-order valence-corrected chi connectivity index (χ0v) is 11.3. The second-order valence-corrected chi connectivity index (χ2v) is 4.06. The molecule has 0 atom stereocenters. The highest BCUT2D eigenvalue weighted by molar-refractivity contribution is 5.83. The maximum absolute atomic E-state index is 10.4. The molecule has 0 saturated heterocycles. The van der Waals surface area contributed by atoms with Crippen LogP contribution < -0.4 is 14.6 Å². The monoisotopic (exact) mass is 263 g/mol. The molecule has 0 bridgehead atoms. The van der Waals surface area contributed by atoms with Crippen LogP contribution in [-0.4, -0.2) is 19.2 Å². The summed E-state index contributed by atoms with van der Waals surface area (Å²) in [6.07, 6.45) is 4.27. The number of hydrogen-bond donors (Lipinski definition) is 0. The second kappa shape index (κ2) is 8.19. The van der Waals surface area contributed by atoms with E-state index in [1.54, 1.807) is 18.2 Å². The van der Waals surface area contributed by atoms with E-state index in [4.69, 9.17) is 9.47 Å². The Morgan fingerprint density at radius 2 is 1.79 bits per heavy atom. The summed E-state index contributed by atoms with van der Waals surface area (Å²) in [5.41, 5.74) is 0.735. The summed E-state index contributed by atoms with van der Waals surface area (Å²) in [5.74, 6) is 0.0963. The highest BCUT2D eigenvalue weighted by atomic mass is 16.5. The van der Waals surface area contributed by atoms with Gasteiger partial charge in [-0.05, 0) is 36.6 Å². The van der Waals surface area contributed by atoms with E-state index in [0.717, 1.165) is 24.5 Å². The maximum atomic E-state index is 10.4. The van der Waals surface area contributed by atoms with Crippen molar-refractivity contribution in [2.45, 2.75) is 26.7 Å². The molecular weight excluding hydrogens is 244 g/mol. The van der Waals surface area contributed by atoms with Gasteiger partial charge in [-0.2, -0.15) is 0 Å². The number of rotatable bonds is 8. The molecule has 4 heteroatoms. The van der Waals surface area contributed by atoms with Crippen LogP contribution in [0.5, 0.6) is 11.5 Å². The van der Waals surface area contributed by atoms with E-state index < -0.39 is 5.97 Å². The highest BCUT2D eigenvalue weighted by Crippen LogP contribution is 2.29. The van der Waals surface area contributed by atoms with Gasteiger partial charge in [-0.1, -0.05) is 26.0 Å². The molecule has 0 aliphatic heterocycles. The Hall–Kier alpha value is -1.97. The molecule has 1 aromatic rings. The van der Waals surface area contributed by atoms with E-state index in [0.29, 0.717) is 24.7 Å². The lowest BCUT2D eigenvalue weighted by atomic mass is 10.2. The largest absolute Gasteiger partial charge is 0.545 e. The Kier molecular flexibility index (Phi) is 6.50. The Balaban J connectivity index is 2.89. The van der Waals surface area contributed by atoms with Crippen LogP contribution in [0.1, 0.15) is 32.3 Å². The molecule has 1 rings (SSSR count). The Labute approximate surface area is 113 Å². The van der Waals surface area contributed by atoms with Gasteiger partial charge in [-0.25, -0.2) is 0 Å². The van der Waals surface area contributed by atoms with Gasteiger partial charge in [-0.15, -0.1) is 0 Å². The number of carbonyl (C=O) groups excluding carboxylic acids is 1. The van der Waals surface area contributed by atoms with Gasteiger partial charge in [0.15, 0.2) is 11.5 Å². The molecule has 4 nitrogen and oxygen atoms in total. The van der Waals surface area contributed by atoms with Gasteiger partial charge < -0.3 is 19.4 Å². The van der Waals surface area contributed by atoms with Crippen molar-refractivity contribution in [3.8, 4) is 11.5 Å². The van der Waals surface area contributed by atoms with Gasteiger partial charge >= 0.3 is 0 Å². The van der Waals surface area contributed by atoms with Crippen LogP contribution in [0.15, 0.2) is 24.3 Å². The minimum atomic E-state index is -1.22. The molecule has 104 valence electrons. The summed E-state index contributed by atoms with van der Waals surface area (Å²) in [5, 5.41) is 10.4. The van der Waals surface area contributed by atoms with Gasteiger partial charge in [0.1, 0.15) is 0 Å². The lowest BCUT2D eigenvalue weighted by molar-refractivity contribution is -0.297. The summed E-state index contributed by atoms with van der Waals surface area (Å²) < 4.78 is 11.2. The molecule has 0 aliphatic carbocycles. The first-order chi connectivity index (χ1) is 9.17. The molecule has 0 saturated carbocycles. The SMILES string of the molecule is CCCOc1ccc(/C=C/C(=O)[O-])cc1OCCC. The number of hydrogen-bond acceptors (Lipinski definition) is 4. The summed E-state index contributed by atoms with van der Waals surface area (Å²) in [4.78, 5) is 10.4. The van der Waals surface area contributed by atoms with Gasteiger partial charge in [-0.3, -0.25) is 0 Å². The predicted molar refractivity (Wildman–Crippen MR) is 72.1 cm³/mol. The number of aliphatic carboxylic acids is 1. The molecular formula is C15H19O4-. The summed E-state index contributed by atoms with van der Waals surface area (Å²) in [6.45, 7) is 5.27. The molecule has 0 N–H and O–H groups in total. The third-order valence-corrected chi connectivity index (χ3v) is 2.30. The van der Waals surface area contributed by atoms with Crippen LogP contribution in [0.4, 0.5) is 0 Å². The van der Waals surface area contributed by atoms with Crippen molar-refractivity contribution < 1.29 is 19.4 Å². The van der Waals surface area contributed by atoms with Crippen LogP contribution in [0, 0.1) is 0 Å². The lowest BCUT2D eigenvalue weighted by Gasteiger charge is -2.12. The molecule has 0 unspecified atom stereocenters. The van der Waals surface area contributed by atoms with Crippen LogP contribution in [0.2, 0.25) is 0 Å². The van der Waals surface area contributed by atoms with Crippen LogP contribution in [0.25, 0.3) is 6.08 Å². The summed E-state index contributed by atoms with van der Waals surface area (Å²) in [6, 6.07) is 5.33. The molecule has 0 amide bonds. The smallest absolute Gasteiger partial charge is 0.161 e. The average Bonchev–Trinajstić information content (AvgIpc) is 2.41. The zero-order chi connectivity index (χ0) is 14.1. The molecule has 1 aromatic carbocycles. The van der Waals surface area contributed by atoms with Crippen molar-refractivity contribution in [2.24, 2.45) is 0 Å². The molecule has 0 spiro atoms. The molecule has 0 heterocycles. The molecule has 19 heavy (non-hydrogen) atoms. The van der Waals surface area contributed by atoms with Crippen molar-refractivity contribution in [1.82, 2.24) is 0 Å². The first kappa shape index (κ1) is 15.1. The molecule has 0 aromatic heterocycles.